The molecule has 3 aromatic rings. The van der Waals surface area contributed by atoms with E-state index in [4.69, 9.17) is 28.9 Å². The molecule has 6 nitrogen and oxygen atoms in total. The van der Waals surface area contributed by atoms with Crippen LogP contribution in [0.25, 0.3) is 5.69 Å². The summed E-state index contributed by atoms with van der Waals surface area (Å²) in [6, 6.07) is 9.73. The minimum atomic E-state index is -0.991. The van der Waals surface area contributed by atoms with Crippen molar-refractivity contribution in [2.45, 2.75) is 6.54 Å². The van der Waals surface area contributed by atoms with Gasteiger partial charge in [-0.05, 0) is 35.9 Å². The van der Waals surface area contributed by atoms with E-state index < -0.39 is 23.0 Å². The van der Waals surface area contributed by atoms with Gasteiger partial charge < -0.3 is 5.73 Å². The number of amides is 1. The van der Waals surface area contributed by atoms with E-state index >= 15 is 0 Å². The summed E-state index contributed by atoms with van der Waals surface area (Å²) in [5.74, 6) is -1.52. The van der Waals surface area contributed by atoms with Gasteiger partial charge in [0.25, 0.3) is 11.5 Å². The van der Waals surface area contributed by atoms with Crippen LogP contribution in [0.15, 0.2) is 58.3 Å². The molecule has 1 heterocycles. The Bertz CT molecular complexity index is 1170. The second-order valence-electron chi connectivity index (χ2n) is 5.67. The predicted octanol–water partition coefficient (Wildman–Crippen LogP) is 2.59. The molecule has 0 bridgehead atoms. The minimum Gasteiger partial charge on any atom is -0.365 e. The van der Waals surface area contributed by atoms with E-state index in [1.165, 1.54) is 24.3 Å². The van der Waals surface area contributed by atoms with Gasteiger partial charge in [0.05, 0.1) is 12.2 Å². The molecule has 0 unspecified atom stereocenters. The Kier molecular flexibility index (Phi) is 5.16. The van der Waals surface area contributed by atoms with Gasteiger partial charge in [-0.2, -0.15) is 0 Å². The van der Waals surface area contributed by atoms with Gasteiger partial charge in [0, 0.05) is 16.2 Å². The molecule has 0 saturated carbocycles. The molecule has 2 aromatic carbocycles. The number of rotatable bonds is 4. The zero-order valence-corrected chi connectivity index (χ0v) is 15.2. The average molecular weight is 408 g/mol. The first kappa shape index (κ1) is 18.9. The fourth-order valence-electron chi connectivity index (χ4n) is 2.56. The third-order valence-corrected chi connectivity index (χ3v) is 4.43. The van der Waals surface area contributed by atoms with Crippen molar-refractivity contribution in [1.29, 1.82) is 0 Å². The Balaban J connectivity index is 2.25. The molecular weight excluding hydrogens is 396 g/mol. The third-order valence-electron chi connectivity index (χ3n) is 3.84. The van der Waals surface area contributed by atoms with Crippen LogP contribution < -0.4 is 17.0 Å². The Hall–Kier alpha value is -2.90. The highest BCUT2D eigenvalue weighted by Gasteiger charge is 2.17. The molecule has 0 spiro atoms. The topological polar surface area (TPSA) is 87.1 Å². The van der Waals surface area contributed by atoms with Crippen LogP contribution in [-0.4, -0.2) is 15.0 Å². The lowest BCUT2D eigenvalue weighted by molar-refractivity contribution is 0.0997. The van der Waals surface area contributed by atoms with Gasteiger partial charge in [0.15, 0.2) is 0 Å². The van der Waals surface area contributed by atoms with Gasteiger partial charge in [-0.3, -0.25) is 14.2 Å². The smallest absolute Gasteiger partial charge is 0.335 e. The van der Waals surface area contributed by atoms with Crippen LogP contribution in [-0.2, 0) is 6.54 Å². The van der Waals surface area contributed by atoms with Crippen LogP contribution in [0.2, 0.25) is 10.0 Å². The van der Waals surface area contributed by atoms with Crippen molar-refractivity contribution in [1.82, 2.24) is 9.13 Å². The SMILES string of the molecule is NC(=O)c1cn(Cc2ccc(F)cc2Cl)c(=O)n(-c2cccc(Cl)c2)c1=O. The summed E-state index contributed by atoms with van der Waals surface area (Å²) in [6.07, 6.45) is 1.06. The van der Waals surface area contributed by atoms with E-state index in [1.807, 2.05) is 0 Å². The summed E-state index contributed by atoms with van der Waals surface area (Å²) >= 11 is 11.9. The fraction of sp³-hybridized carbons (Fsp3) is 0.0556. The van der Waals surface area contributed by atoms with Gasteiger partial charge in [-0.15, -0.1) is 0 Å². The number of benzene rings is 2. The van der Waals surface area contributed by atoms with Crippen molar-refractivity contribution in [3.8, 4) is 5.69 Å². The van der Waals surface area contributed by atoms with E-state index in [-0.39, 0.29) is 22.8 Å². The van der Waals surface area contributed by atoms with Gasteiger partial charge in [-0.25, -0.2) is 13.8 Å². The van der Waals surface area contributed by atoms with E-state index in [9.17, 15) is 18.8 Å². The zero-order valence-electron chi connectivity index (χ0n) is 13.7. The molecule has 0 radical (unpaired) electrons. The lowest BCUT2D eigenvalue weighted by atomic mass is 10.2. The van der Waals surface area contributed by atoms with Gasteiger partial charge in [-0.1, -0.05) is 35.3 Å². The Morgan fingerprint density at radius 2 is 1.85 bits per heavy atom. The molecule has 0 aliphatic heterocycles. The highest BCUT2D eigenvalue weighted by molar-refractivity contribution is 6.31. The highest BCUT2D eigenvalue weighted by atomic mass is 35.5. The molecular formula is C18H12Cl2FN3O3. The molecule has 3 rings (SSSR count). The molecule has 0 aliphatic rings. The fourth-order valence-corrected chi connectivity index (χ4v) is 2.97. The number of hydrogen-bond acceptors (Lipinski definition) is 3. The molecule has 138 valence electrons. The first-order valence-corrected chi connectivity index (χ1v) is 8.39. The maximum absolute atomic E-state index is 13.2. The summed E-state index contributed by atoms with van der Waals surface area (Å²) in [6.45, 7) is -0.0981. The van der Waals surface area contributed by atoms with E-state index in [2.05, 4.69) is 0 Å². The van der Waals surface area contributed by atoms with Gasteiger partial charge in [0.1, 0.15) is 11.4 Å². The second kappa shape index (κ2) is 7.38. The van der Waals surface area contributed by atoms with Crippen LogP contribution >= 0.6 is 23.2 Å². The van der Waals surface area contributed by atoms with Crippen molar-refractivity contribution in [3.63, 3.8) is 0 Å². The molecule has 9 heteroatoms. The third kappa shape index (κ3) is 3.79. The molecule has 27 heavy (non-hydrogen) atoms. The number of carbonyl (C=O) groups excluding carboxylic acids is 1. The normalized spacial score (nSPS) is 10.8. The van der Waals surface area contributed by atoms with Crippen LogP contribution in [0.4, 0.5) is 4.39 Å². The summed E-state index contributed by atoms with van der Waals surface area (Å²) in [4.78, 5) is 37.2. The Labute approximate surface area is 162 Å². The van der Waals surface area contributed by atoms with Gasteiger partial charge >= 0.3 is 5.69 Å². The number of primary amides is 1. The Morgan fingerprint density at radius 3 is 2.48 bits per heavy atom. The van der Waals surface area contributed by atoms with Crippen LogP contribution in [0.3, 0.4) is 0 Å². The largest absolute Gasteiger partial charge is 0.365 e. The van der Waals surface area contributed by atoms with Crippen LogP contribution in [0.1, 0.15) is 15.9 Å². The van der Waals surface area contributed by atoms with Crippen molar-refractivity contribution in [3.05, 3.63) is 96.5 Å². The zero-order chi connectivity index (χ0) is 19.7. The lowest BCUT2D eigenvalue weighted by Crippen LogP contribution is -2.42. The molecule has 1 amide bonds. The Morgan fingerprint density at radius 1 is 1.11 bits per heavy atom. The molecule has 2 N–H and O–H groups in total. The molecule has 0 saturated heterocycles. The van der Waals surface area contributed by atoms with E-state index in [1.54, 1.807) is 12.1 Å². The standard InChI is InChI=1S/C18H12Cl2FN3O3/c19-11-2-1-3-13(6-11)24-17(26)14(16(22)25)9-23(18(24)27)8-10-4-5-12(21)7-15(10)20/h1-7,9H,8H2,(H2,22,25). The number of halogens is 3. The number of hydrogen-bond donors (Lipinski definition) is 1. The number of nitrogens with zero attached hydrogens (tertiary/aromatic N) is 2. The molecule has 0 atom stereocenters. The van der Waals surface area contributed by atoms with Gasteiger partial charge in [0.2, 0.25) is 0 Å². The average Bonchev–Trinajstić information content (AvgIpc) is 2.59. The number of aromatic nitrogens is 2. The molecule has 0 fully saturated rings. The summed E-state index contributed by atoms with van der Waals surface area (Å²) in [7, 11) is 0. The number of nitrogens with two attached hydrogens (primary N) is 1. The minimum absolute atomic E-state index is 0.0981. The van der Waals surface area contributed by atoms with Crippen molar-refractivity contribution < 1.29 is 9.18 Å². The summed E-state index contributed by atoms with van der Waals surface area (Å²) < 4.78 is 15.1. The monoisotopic (exact) mass is 407 g/mol. The van der Waals surface area contributed by atoms with E-state index in [0.29, 0.717) is 10.6 Å². The van der Waals surface area contributed by atoms with Crippen molar-refractivity contribution in [2.75, 3.05) is 0 Å². The predicted molar refractivity (Wildman–Crippen MR) is 100 cm³/mol. The summed E-state index contributed by atoms with van der Waals surface area (Å²) in [5, 5.41) is 0.402. The second-order valence-corrected chi connectivity index (χ2v) is 6.52. The lowest BCUT2D eigenvalue weighted by Gasteiger charge is -2.13. The highest BCUT2D eigenvalue weighted by Crippen LogP contribution is 2.18. The first-order chi connectivity index (χ1) is 12.8. The maximum Gasteiger partial charge on any atom is 0.335 e. The quantitative estimate of drug-likeness (QED) is 0.720. The first-order valence-electron chi connectivity index (χ1n) is 7.64. The maximum atomic E-state index is 13.2. The van der Waals surface area contributed by atoms with Crippen LogP contribution in [0, 0.1) is 5.82 Å². The number of carbonyl (C=O) groups is 1. The van der Waals surface area contributed by atoms with E-state index in [0.717, 1.165) is 21.4 Å². The van der Waals surface area contributed by atoms with Crippen molar-refractivity contribution in [2.24, 2.45) is 5.73 Å². The molecule has 1 aromatic heterocycles. The molecule has 0 aliphatic carbocycles. The van der Waals surface area contributed by atoms with Crippen LogP contribution in [0.5, 0.6) is 0 Å². The van der Waals surface area contributed by atoms with Crippen molar-refractivity contribution >= 4 is 29.1 Å². The summed E-state index contributed by atoms with van der Waals surface area (Å²) in [5.41, 5.74) is 3.91.